The Bertz CT molecular complexity index is 1860. The van der Waals surface area contributed by atoms with E-state index in [4.69, 9.17) is 4.74 Å². The fourth-order valence-corrected chi connectivity index (χ4v) is 10.1. The predicted molar refractivity (Wildman–Crippen MR) is 389 cm³/mol. The van der Waals surface area contributed by atoms with Crippen LogP contribution >= 0.6 is 11.3 Å². The summed E-state index contributed by atoms with van der Waals surface area (Å²) >= 11 is 1.78. The Morgan fingerprint density at radius 2 is 0.921 bits per heavy atom. The van der Waals surface area contributed by atoms with Crippen LogP contribution in [0, 0.1) is 13.8 Å². The lowest BCUT2D eigenvalue weighted by atomic mass is 10.1. The van der Waals surface area contributed by atoms with E-state index in [1.807, 2.05) is 39.3 Å². The molecule has 8 heterocycles. The zero-order chi connectivity index (χ0) is 65.5. The van der Waals surface area contributed by atoms with Crippen molar-refractivity contribution in [2.24, 2.45) is 15.0 Å². The number of piperidine rings is 2. The molecule has 1 aromatic heterocycles. The summed E-state index contributed by atoms with van der Waals surface area (Å²) in [5.74, 6) is 3.08. The van der Waals surface area contributed by atoms with Crippen LogP contribution in [0.2, 0.25) is 0 Å². The molecule has 7 aliphatic rings. The van der Waals surface area contributed by atoms with Crippen molar-refractivity contribution in [2.45, 2.75) is 65.2 Å². The highest BCUT2D eigenvalue weighted by Crippen LogP contribution is 2.10. The minimum Gasteiger partial charge on any atom is -0.379 e. The zero-order valence-corrected chi connectivity index (χ0v) is 60.9. The molecule has 9 rings (SSSR count). The molecular weight excluding hydrogens is 1130 g/mol. The highest BCUT2D eigenvalue weighted by Gasteiger charge is 2.16. The van der Waals surface area contributed by atoms with Crippen LogP contribution in [0.25, 0.3) is 0 Å². The Kier molecular flexibility index (Phi) is 53.3. The molecule has 2 aromatic rings. The summed E-state index contributed by atoms with van der Waals surface area (Å²) in [5.41, 5.74) is 1.32. The van der Waals surface area contributed by atoms with E-state index >= 15 is 0 Å². The molecule has 0 atom stereocenters. The van der Waals surface area contributed by atoms with Gasteiger partial charge >= 0.3 is 0 Å². The number of likely N-dealkylation sites (tertiary alicyclic amines) is 3. The van der Waals surface area contributed by atoms with Crippen molar-refractivity contribution in [1.82, 2.24) is 85.8 Å². The standard InChI is InChI=1S/2C9H20N2.C8H18N4.C8H18N2O.C8H18N2.C7H16N4.C7H8.C6H14N4.C5H6S/c2*1-10(2)8-9-11-6-4-3-5-7-11;1-9-4-6-11(2)8-10-5-7-12(8)3;1-9(2)3-4-10-5-7-11-8-6-10;1-9(2)7-8-10-5-3-4-6-10;1-8-5-6-11(2)7-9-3-4-10-7;1-7-5-3-2-4-6-7;1-7-2-3-8-6-9-4-5-10-6;1-5-3-2-4-6-5/h2*3-9H2,1-2H3;9H,4-7H2,1-3H3;3-8H2,1-2H3;3-8H2,1-2H3;8H,3-6H2,1-2H3,(H,9,10);2-6H,1H3;7H,2-5H2,1H3,(H2,8,9,10);2-4H,1H3. The van der Waals surface area contributed by atoms with Crippen LogP contribution in [0.4, 0.5) is 0 Å². The smallest absolute Gasteiger partial charge is 0.196 e. The maximum Gasteiger partial charge on any atom is 0.196 e. The Labute approximate surface area is 550 Å². The van der Waals surface area contributed by atoms with Crippen LogP contribution in [0.1, 0.15) is 61.8 Å². The lowest BCUT2D eigenvalue weighted by Crippen LogP contribution is -2.40. The fourth-order valence-electron chi connectivity index (χ4n) is 9.62. The van der Waals surface area contributed by atoms with Gasteiger partial charge in [0.05, 0.1) is 32.8 Å². The molecule has 89 heavy (non-hydrogen) atoms. The monoisotopic (exact) mass is 1270 g/mol. The third-order valence-corrected chi connectivity index (χ3v) is 16.2. The molecule has 0 aliphatic carbocycles. The molecule has 1 aromatic carbocycles. The average molecular weight is 1270 g/mol. The molecule has 0 saturated carbocycles. The number of guanidine groups is 3. The summed E-state index contributed by atoms with van der Waals surface area (Å²) in [6.07, 6.45) is 11.3. The van der Waals surface area contributed by atoms with E-state index in [-0.39, 0.29) is 0 Å². The van der Waals surface area contributed by atoms with Crippen molar-refractivity contribution >= 4 is 29.2 Å². The minimum atomic E-state index is 0.905. The largest absolute Gasteiger partial charge is 0.379 e. The van der Waals surface area contributed by atoms with Gasteiger partial charge in [0.15, 0.2) is 17.9 Å². The molecule has 21 nitrogen and oxygen atoms in total. The van der Waals surface area contributed by atoms with Crippen LogP contribution in [0.3, 0.4) is 0 Å². The number of ether oxygens (including phenoxy) is 1. The van der Waals surface area contributed by atoms with Crippen molar-refractivity contribution in [3.63, 3.8) is 0 Å². The Morgan fingerprint density at radius 1 is 0.472 bits per heavy atom. The van der Waals surface area contributed by atoms with Gasteiger partial charge < -0.3 is 85.6 Å². The van der Waals surface area contributed by atoms with E-state index in [2.05, 4.69) is 222 Å². The molecule has 0 spiro atoms. The first kappa shape index (κ1) is 83.3. The summed E-state index contributed by atoms with van der Waals surface area (Å²) in [7, 11) is 29.1. The first-order valence-electron chi connectivity index (χ1n) is 34.0. The van der Waals surface area contributed by atoms with Gasteiger partial charge in [-0.25, -0.2) is 0 Å². The van der Waals surface area contributed by atoms with Crippen LogP contribution < -0.4 is 31.9 Å². The SMILES string of the molecule is CN(C)CCN1CCCC1.CN(C)CCN1CCCCC1.CN(C)CCN1CCCCC1.CN(C)CCN1CCOCC1.CNCCN(C)C1=NCCN1.CNCCN(C)C1=NCCN1C.CNCCNC1=NCCN1.Cc1ccccc1.Cc1cccs1. The van der Waals surface area contributed by atoms with Gasteiger partial charge in [-0.3, -0.25) is 19.9 Å². The van der Waals surface area contributed by atoms with E-state index in [1.165, 1.54) is 147 Å². The van der Waals surface area contributed by atoms with E-state index < -0.39 is 0 Å². The summed E-state index contributed by atoms with van der Waals surface area (Å²) in [6, 6.07) is 14.4. The van der Waals surface area contributed by atoms with E-state index in [9.17, 15) is 0 Å². The number of thiophene rings is 1. The van der Waals surface area contributed by atoms with Crippen molar-refractivity contribution in [2.75, 3.05) is 295 Å². The van der Waals surface area contributed by atoms with Crippen molar-refractivity contribution in [1.29, 1.82) is 0 Å². The zero-order valence-electron chi connectivity index (χ0n) is 60.1. The second-order valence-electron chi connectivity index (χ2n) is 24.9. The molecule has 0 amide bonds. The summed E-state index contributed by atoms with van der Waals surface area (Å²) in [5, 5.41) is 20.8. The first-order valence-corrected chi connectivity index (χ1v) is 34.9. The maximum absolute atomic E-state index is 5.25. The molecule has 22 heteroatoms. The van der Waals surface area contributed by atoms with Gasteiger partial charge in [0.25, 0.3) is 0 Å². The van der Waals surface area contributed by atoms with E-state index in [1.54, 1.807) is 11.3 Å². The minimum absolute atomic E-state index is 0.905. The number of nitrogens with zero attached hydrogens (tertiary/aromatic N) is 14. The summed E-state index contributed by atoms with van der Waals surface area (Å²) in [6.45, 7) is 37.6. The fraction of sp³-hybridized carbons (Fsp3) is 0.806. The lowest BCUT2D eigenvalue weighted by molar-refractivity contribution is 0.0354. The molecule has 4 saturated heterocycles. The Morgan fingerprint density at radius 3 is 1.27 bits per heavy atom. The second-order valence-corrected chi connectivity index (χ2v) is 26.0. The third kappa shape index (κ3) is 49.6. The number of nitrogens with one attached hydrogen (secondary N) is 6. The number of benzene rings is 1. The molecule has 0 radical (unpaired) electrons. The van der Waals surface area contributed by atoms with Gasteiger partial charge in [0.1, 0.15) is 0 Å². The summed E-state index contributed by atoms with van der Waals surface area (Å²) in [4.78, 5) is 39.9. The van der Waals surface area contributed by atoms with Gasteiger partial charge in [0.2, 0.25) is 0 Å². The van der Waals surface area contributed by atoms with Gasteiger partial charge in [-0.05, 0) is 181 Å². The van der Waals surface area contributed by atoms with Crippen LogP contribution in [0.5, 0.6) is 0 Å². The number of rotatable bonds is 21. The number of morpholine rings is 1. The van der Waals surface area contributed by atoms with Crippen molar-refractivity contribution in [3.8, 4) is 0 Å². The molecular formula is C67H138N20OS. The second kappa shape index (κ2) is 57.0. The number of aryl methyl sites for hydroxylation is 2. The molecule has 4 fully saturated rings. The van der Waals surface area contributed by atoms with Gasteiger partial charge in [-0.1, -0.05) is 54.8 Å². The number of aliphatic imine (C=N–C) groups is 3. The van der Waals surface area contributed by atoms with E-state index in [0.29, 0.717) is 0 Å². The predicted octanol–water partition coefficient (Wildman–Crippen LogP) is 3.93. The molecule has 0 unspecified atom stereocenters. The van der Waals surface area contributed by atoms with Crippen LogP contribution in [-0.4, -0.2) is 367 Å². The number of hydrogen-bond acceptors (Lipinski definition) is 22. The van der Waals surface area contributed by atoms with E-state index in [0.717, 1.165) is 129 Å². The normalized spacial score (nSPS) is 17.4. The summed E-state index contributed by atoms with van der Waals surface area (Å²) < 4.78 is 5.25. The Hall–Kier alpha value is -3.75. The lowest BCUT2D eigenvalue weighted by Gasteiger charge is -2.27. The molecule has 7 aliphatic heterocycles. The highest BCUT2D eigenvalue weighted by molar-refractivity contribution is 7.09. The van der Waals surface area contributed by atoms with Crippen LogP contribution in [0.15, 0.2) is 62.8 Å². The van der Waals surface area contributed by atoms with Crippen molar-refractivity contribution < 1.29 is 4.74 Å². The highest BCUT2D eigenvalue weighted by atomic mass is 32.1. The van der Waals surface area contributed by atoms with Gasteiger partial charge in [-0.15, -0.1) is 11.3 Å². The molecule has 6 N–H and O–H groups in total. The number of likely N-dealkylation sites (N-methyl/N-ethyl adjacent to an activating group) is 10. The number of hydrogen-bond donors (Lipinski definition) is 6. The quantitative estimate of drug-likeness (QED) is 0.100. The van der Waals surface area contributed by atoms with Gasteiger partial charge in [-0.2, -0.15) is 0 Å². The Balaban J connectivity index is 0.000000503. The maximum atomic E-state index is 5.25. The average Bonchev–Trinajstić information content (AvgIpc) is 4.51. The third-order valence-electron chi connectivity index (χ3n) is 15.4. The van der Waals surface area contributed by atoms with Crippen molar-refractivity contribution in [3.05, 3.63) is 58.3 Å². The van der Waals surface area contributed by atoms with Gasteiger partial charge in [0, 0.05) is 150 Å². The first-order chi connectivity index (χ1) is 43.0. The topological polar surface area (TPSA) is 154 Å². The van der Waals surface area contributed by atoms with Crippen LogP contribution in [-0.2, 0) is 4.74 Å². The molecule has 518 valence electrons. The molecule has 0 bridgehead atoms.